The van der Waals surface area contributed by atoms with Crippen molar-refractivity contribution in [2.24, 2.45) is 0 Å². The van der Waals surface area contributed by atoms with Gasteiger partial charge in [-0.2, -0.15) is 10.1 Å². The Morgan fingerprint density at radius 2 is 1.90 bits per heavy atom. The van der Waals surface area contributed by atoms with Gasteiger partial charge in [-0.1, -0.05) is 29.4 Å². The molecule has 8 heteroatoms. The topological polar surface area (TPSA) is 85.8 Å². The molecule has 7 nitrogen and oxygen atoms in total. The molecule has 0 aliphatic carbocycles. The number of fused-ring (bicyclic) bond motifs is 1. The van der Waals surface area contributed by atoms with Gasteiger partial charge in [0.25, 0.3) is 5.89 Å². The Hall–Kier alpha value is -3.78. The molecule has 0 atom stereocenters. The first kappa shape index (κ1) is 19.2. The first-order chi connectivity index (χ1) is 15.0. The number of aromatic nitrogens is 4. The Balaban J connectivity index is 1.54. The van der Waals surface area contributed by atoms with Gasteiger partial charge in [-0.25, -0.2) is 4.68 Å². The molecule has 0 bridgehead atoms. The fraction of sp³-hybridized carbons (Fsp3) is 0.130. The second-order valence-electron chi connectivity index (χ2n) is 7.24. The zero-order chi connectivity index (χ0) is 21.5. The summed E-state index contributed by atoms with van der Waals surface area (Å²) in [6.07, 6.45) is 0. The summed E-state index contributed by atoms with van der Waals surface area (Å²) in [4.78, 5) is 18.0. The van der Waals surface area contributed by atoms with E-state index in [1.165, 1.54) is 6.92 Å². The van der Waals surface area contributed by atoms with E-state index in [2.05, 4.69) is 26.6 Å². The van der Waals surface area contributed by atoms with E-state index in [9.17, 15) is 4.79 Å². The third-order valence-corrected chi connectivity index (χ3v) is 6.17. The molecule has 0 saturated heterocycles. The standard InChI is InChI=1S/C23H19N5O2S/c1-13-17(10-7-11-19(13)24-15(3)29)22-25-21(27-30-22)20-12-18-14(2)26-28(23(18)31-20)16-8-5-4-6-9-16/h4-12H,1-3H3,(H,24,29). The molecule has 0 aliphatic heterocycles. The summed E-state index contributed by atoms with van der Waals surface area (Å²) >= 11 is 1.58. The van der Waals surface area contributed by atoms with Crippen molar-refractivity contribution in [2.45, 2.75) is 20.8 Å². The van der Waals surface area contributed by atoms with Gasteiger partial charge in [0.05, 0.1) is 16.3 Å². The lowest BCUT2D eigenvalue weighted by Gasteiger charge is -2.08. The molecule has 3 heterocycles. The van der Waals surface area contributed by atoms with Gasteiger partial charge >= 0.3 is 0 Å². The van der Waals surface area contributed by atoms with Gasteiger partial charge < -0.3 is 9.84 Å². The quantitative estimate of drug-likeness (QED) is 0.415. The molecule has 0 saturated carbocycles. The van der Waals surface area contributed by atoms with Gasteiger partial charge in [-0.3, -0.25) is 4.79 Å². The van der Waals surface area contributed by atoms with Crippen molar-refractivity contribution in [3.05, 3.63) is 65.9 Å². The van der Waals surface area contributed by atoms with Crippen LogP contribution in [0, 0.1) is 13.8 Å². The minimum absolute atomic E-state index is 0.125. The van der Waals surface area contributed by atoms with Crippen LogP contribution in [0.15, 0.2) is 59.1 Å². The van der Waals surface area contributed by atoms with Crippen LogP contribution in [-0.2, 0) is 4.79 Å². The van der Waals surface area contributed by atoms with E-state index in [1.807, 2.05) is 67.1 Å². The number of rotatable bonds is 4. The van der Waals surface area contributed by atoms with Crippen molar-refractivity contribution < 1.29 is 9.32 Å². The van der Waals surface area contributed by atoms with Gasteiger partial charge in [0.1, 0.15) is 4.83 Å². The number of nitrogens with one attached hydrogen (secondary N) is 1. The van der Waals surface area contributed by atoms with Crippen molar-refractivity contribution in [2.75, 3.05) is 5.32 Å². The Morgan fingerprint density at radius 3 is 2.68 bits per heavy atom. The van der Waals surface area contributed by atoms with Crippen LogP contribution in [0.2, 0.25) is 0 Å². The van der Waals surface area contributed by atoms with E-state index < -0.39 is 0 Å². The van der Waals surface area contributed by atoms with Crippen LogP contribution in [0.4, 0.5) is 5.69 Å². The lowest BCUT2D eigenvalue weighted by Crippen LogP contribution is -2.07. The zero-order valence-electron chi connectivity index (χ0n) is 17.2. The van der Waals surface area contributed by atoms with Gasteiger partial charge in [0.15, 0.2) is 0 Å². The van der Waals surface area contributed by atoms with E-state index >= 15 is 0 Å². The van der Waals surface area contributed by atoms with Gasteiger partial charge in [0.2, 0.25) is 11.7 Å². The molecular formula is C23H19N5O2S. The predicted molar refractivity (Wildman–Crippen MR) is 121 cm³/mol. The molecule has 0 fully saturated rings. The first-order valence-electron chi connectivity index (χ1n) is 9.77. The number of para-hydroxylation sites is 1. The molecule has 154 valence electrons. The number of amides is 1. The van der Waals surface area contributed by atoms with E-state index in [1.54, 1.807) is 11.3 Å². The molecule has 0 spiro atoms. The highest BCUT2D eigenvalue weighted by atomic mass is 32.1. The lowest BCUT2D eigenvalue weighted by atomic mass is 10.1. The van der Waals surface area contributed by atoms with Gasteiger partial charge in [-0.15, -0.1) is 11.3 Å². The highest BCUT2D eigenvalue weighted by Crippen LogP contribution is 2.36. The summed E-state index contributed by atoms with van der Waals surface area (Å²) in [5, 5.41) is 12.8. The summed E-state index contributed by atoms with van der Waals surface area (Å²) in [5.41, 5.74) is 4.35. The summed E-state index contributed by atoms with van der Waals surface area (Å²) in [7, 11) is 0. The predicted octanol–water partition coefficient (Wildman–Crippen LogP) is 5.38. The number of hydrogen-bond acceptors (Lipinski definition) is 6. The van der Waals surface area contributed by atoms with Crippen molar-refractivity contribution in [1.29, 1.82) is 0 Å². The second kappa shape index (κ2) is 7.48. The average molecular weight is 430 g/mol. The van der Waals surface area contributed by atoms with Crippen LogP contribution in [0.3, 0.4) is 0 Å². The first-order valence-corrected chi connectivity index (χ1v) is 10.6. The van der Waals surface area contributed by atoms with E-state index in [-0.39, 0.29) is 5.91 Å². The largest absolute Gasteiger partial charge is 0.334 e. The third kappa shape index (κ3) is 3.40. The monoisotopic (exact) mass is 429 g/mol. The fourth-order valence-electron chi connectivity index (χ4n) is 3.53. The molecule has 2 aromatic carbocycles. The molecule has 5 aromatic rings. The molecule has 0 radical (unpaired) electrons. The normalized spacial score (nSPS) is 11.2. The fourth-order valence-corrected chi connectivity index (χ4v) is 4.64. The lowest BCUT2D eigenvalue weighted by molar-refractivity contribution is -0.114. The summed E-state index contributed by atoms with van der Waals surface area (Å²) in [6.45, 7) is 5.40. The van der Waals surface area contributed by atoms with Crippen LogP contribution in [0.5, 0.6) is 0 Å². The van der Waals surface area contributed by atoms with Crippen molar-refractivity contribution in [3.8, 4) is 27.8 Å². The molecule has 31 heavy (non-hydrogen) atoms. The van der Waals surface area contributed by atoms with Crippen molar-refractivity contribution in [3.63, 3.8) is 0 Å². The third-order valence-electron chi connectivity index (χ3n) is 5.07. The van der Waals surface area contributed by atoms with Crippen molar-refractivity contribution in [1.82, 2.24) is 19.9 Å². The number of carbonyl (C=O) groups is 1. The number of benzene rings is 2. The van der Waals surface area contributed by atoms with Crippen LogP contribution in [0.25, 0.3) is 38.1 Å². The maximum absolute atomic E-state index is 11.5. The minimum Gasteiger partial charge on any atom is -0.334 e. The molecule has 1 N–H and O–H groups in total. The Bertz CT molecular complexity index is 1410. The second-order valence-corrected chi connectivity index (χ2v) is 8.28. The van der Waals surface area contributed by atoms with E-state index in [0.29, 0.717) is 11.7 Å². The zero-order valence-corrected chi connectivity index (χ0v) is 18.0. The van der Waals surface area contributed by atoms with Crippen LogP contribution >= 0.6 is 11.3 Å². The number of nitrogens with zero attached hydrogens (tertiary/aromatic N) is 4. The van der Waals surface area contributed by atoms with Crippen LogP contribution in [0.1, 0.15) is 18.2 Å². The Labute approximate surface area is 182 Å². The minimum atomic E-state index is -0.125. The number of anilines is 1. The smallest absolute Gasteiger partial charge is 0.258 e. The number of thiophene rings is 1. The Morgan fingerprint density at radius 1 is 1.10 bits per heavy atom. The molecule has 0 aliphatic rings. The van der Waals surface area contributed by atoms with Crippen molar-refractivity contribution >= 4 is 33.1 Å². The molecule has 5 rings (SSSR count). The average Bonchev–Trinajstić information content (AvgIpc) is 3.46. The van der Waals surface area contributed by atoms with Gasteiger partial charge in [0, 0.05) is 23.6 Å². The highest BCUT2D eigenvalue weighted by molar-refractivity contribution is 7.21. The maximum Gasteiger partial charge on any atom is 0.258 e. The molecular weight excluding hydrogens is 410 g/mol. The van der Waals surface area contributed by atoms with E-state index in [4.69, 9.17) is 4.52 Å². The summed E-state index contributed by atoms with van der Waals surface area (Å²) in [5.74, 6) is 0.817. The molecule has 0 unspecified atom stereocenters. The summed E-state index contributed by atoms with van der Waals surface area (Å²) < 4.78 is 7.52. The maximum atomic E-state index is 11.5. The van der Waals surface area contributed by atoms with Gasteiger partial charge in [-0.05, 0) is 49.7 Å². The number of hydrogen-bond donors (Lipinski definition) is 1. The number of carbonyl (C=O) groups excluding carboxylic acids is 1. The van der Waals surface area contributed by atoms with E-state index in [0.717, 1.165) is 43.3 Å². The SMILES string of the molecule is CC(=O)Nc1cccc(-c2nc(-c3cc4c(C)nn(-c5ccccc5)c4s3)no2)c1C. The summed E-state index contributed by atoms with van der Waals surface area (Å²) in [6, 6.07) is 17.7. The number of aryl methyl sites for hydroxylation is 1. The Kier molecular flexibility index (Phi) is 4.63. The molecule has 1 amide bonds. The highest BCUT2D eigenvalue weighted by Gasteiger charge is 2.19. The molecule has 3 aromatic heterocycles. The van der Waals surface area contributed by atoms with Crippen LogP contribution in [-0.4, -0.2) is 25.8 Å². The van der Waals surface area contributed by atoms with Crippen LogP contribution < -0.4 is 5.32 Å².